The van der Waals surface area contributed by atoms with E-state index in [1.165, 1.54) is 11.5 Å². The van der Waals surface area contributed by atoms with Crippen LogP contribution in [0.3, 0.4) is 0 Å². The molecule has 0 aliphatic rings. The van der Waals surface area contributed by atoms with Crippen LogP contribution in [0.4, 0.5) is 0 Å². The molecule has 0 fully saturated rings. The van der Waals surface area contributed by atoms with Crippen LogP contribution in [-0.4, -0.2) is 9.79 Å². The lowest BCUT2D eigenvalue weighted by molar-refractivity contribution is -0.701. The topological polar surface area (TPSA) is 74.5 Å². The van der Waals surface area contributed by atoms with Crippen molar-refractivity contribution in [2.75, 3.05) is 0 Å². The van der Waals surface area contributed by atoms with Gasteiger partial charge in [-0.1, -0.05) is 18.2 Å². The average Bonchev–Trinajstić information content (AvgIpc) is 2.79. The SMILES string of the molecule is CC([n+]1ccc(-c2cc[n+](-c3ccc(Oc4ccccc4)cc3)cc2)cc1)P(=O)(O)O.[Cl-].[Cl-]. The maximum absolute atomic E-state index is 11.4. The van der Waals surface area contributed by atoms with E-state index in [4.69, 9.17) is 4.74 Å². The number of pyridine rings is 2. The molecule has 2 N–H and O–H groups in total. The van der Waals surface area contributed by atoms with E-state index in [1.807, 2.05) is 95.8 Å². The zero-order valence-corrected chi connectivity index (χ0v) is 20.1. The van der Waals surface area contributed by atoms with Gasteiger partial charge in [-0.25, -0.2) is 0 Å². The molecule has 0 saturated carbocycles. The highest BCUT2D eigenvalue weighted by atomic mass is 35.5. The maximum Gasteiger partial charge on any atom is 0.392 e. The Balaban J connectivity index is 0.00000193. The monoisotopic (exact) mass is 504 g/mol. The molecule has 2 aromatic heterocycles. The molecule has 6 nitrogen and oxygen atoms in total. The molecule has 4 aromatic rings. The second-order valence-electron chi connectivity index (χ2n) is 7.16. The van der Waals surface area contributed by atoms with Gasteiger partial charge in [0.1, 0.15) is 11.5 Å². The van der Waals surface area contributed by atoms with Crippen molar-refractivity contribution < 1.29 is 53.0 Å². The summed E-state index contributed by atoms with van der Waals surface area (Å²) >= 11 is 0. The summed E-state index contributed by atoms with van der Waals surface area (Å²) in [6.07, 6.45) is 7.32. The molecule has 4 rings (SSSR count). The lowest BCUT2D eigenvalue weighted by Gasteiger charge is -2.09. The average molecular weight is 505 g/mol. The van der Waals surface area contributed by atoms with E-state index in [1.54, 1.807) is 12.4 Å². The zero-order chi connectivity index (χ0) is 21.8. The van der Waals surface area contributed by atoms with Gasteiger partial charge >= 0.3 is 7.60 Å². The van der Waals surface area contributed by atoms with Crippen molar-refractivity contribution in [1.82, 2.24) is 0 Å². The van der Waals surface area contributed by atoms with Crippen LogP contribution in [-0.2, 0) is 4.57 Å². The fraction of sp³-hybridized carbons (Fsp3) is 0.0833. The number of nitrogens with zero attached hydrogens (tertiary/aromatic N) is 2. The highest BCUT2D eigenvalue weighted by Gasteiger charge is 2.32. The number of aromatic nitrogens is 2. The third-order valence-corrected chi connectivity index (χ3v) is 6.29. The minimum absolute atomic E-state index is 0. The van der Waals surface area contributed by atoms with Gasteiger partial charge < -0.3 is 39.3 Å². The molecular formula is C24H23Cl2N2O4P. The van der Waals surface area contributed by atoms with E-state index < -0.39 is 13.4 Å². The standard InChI is InChI=1S/C24H21N2O4P.2ClH/c1-19(31(27,28)29)25-15-11-20(12-16-25)21-13-17-26(18-14-21)22-7-9-24(10-8-22)30-23-5-3-2-4-6-23;;/h2-19H,1H3;2*1H. The van der Waals surface area contributed by atoms with Crippen LogP contribution >= 0.6 is 7.60 Å². The molecule has 0 amide bonds. The van der Waals surface area contributed by atoms with Crippen LogP contribution < -0.4 is 38.7 Å². The number of rotatable bonds is 6. The Hall–Kier alpha value is -2.73. The lowest BCUT2D eigenvalue weighted by Crippen LogP contribution is -3.00. The largest absolute Gasteiger partial charge is 1.00 e. The highest BCUT2D eigenvalue weighted by molar-refractivity contribution is 7.51. The lowest BCUT2D eigenvalue weighted by atomic mass is 10.1. The van der Waals surface area contributed by atoms with Gasteiger partial charge in [-0.15, -0.1) is 0 Å². The minimum atomic E-state index is -4.18. The first kappa shape index (κ1) is 26.5. The number of halogens is 2. The third-order valence-electron chi connectivity index (χ3n) is 5.05. The first-order chi connectivity index (χ1) is 14.9. The van der Waals surface area contributed by atoms with E-state index >= 15 is 0 Å². The number of hydrogen-bond acceptors (Lipinski definition) is 2. The molecule has 1 unspecified atom stereocenters. The van der Waals surface area contributed by atoms with Gasteiger partial charge in [0.05, 0.1) is 0 Å². The van der Waals surface area contributed by atoms with Gasteiger partial charge in [0.2, 0.25) is 5.69 Å². The molecule has 0 aliphatic carbocycles. The van der Waals surface area contributed by atoms with Crippen molar-refractivity contribution in [2.45, 2.75) is 12.7 Å². The smallest absolute Gasteiger partial charge is 0.392 e. The fourth-order valence-corrected chi connectivity index (χ4v) is 3.66. The molecule has 0 saturated heterocycles. The van der Waals surface area contributed by atoms with Crippen molar-refractivity contribution in [3.05, 3.63) is 104 Å². The molecule has 2 heterocycles. The van der Waals surface area contributed by atoms with E-state index in [9.17, 15) is 14.4 Å². The Morgan fingerprint density at radius 3 is 1.73 bits per heavy atom. The van der Waals surface area contributed by atoms with Gasteiger partial charge in [-0.3, -0.25) is 4.57 Å². The second-order valence-corrected chi connectivity index (χ2v) is 9.08. The normalized spacial score (nSPS) is 11.6. The van der Waals surface area contributed by atoms with Crippen LogP contribution in [0, 0.1) is 0 Å². The summed E-state index contributed by atoms with van der Waals surface area (Å²) in [5, 5.41) is 0. The summed E-state index contributed by atoms with van der Waals surface area (Å²) in [7, 11) is -4.18. The molecule has 0 radical (unpaired) electrons. The van der Waals surface area contributed by atoms with Crippen molar-refractivity contribution in [3.8, 4) is 28.3 Å². The van der Waals surface area contributed by atoms with E-state index in [0.717, 1.165) is 28.3 Å². The molecular weight excluding hydrogens is 482 g/mol. The molecule has 9 heteroatoms. The highest BCUT2D eigenvalue weighted by Crippen LogP contribution is 2.45. The van der Waals surface area contributed by atoms with Crippen molar-refractivity contribution in [1.29, 1.82) is 0 Å². The molecule has 172 valence electrons. The van der Waals surface area contributed by atoms with Crippen molar-refractivity contribution in [3.63, 3.8) is 0 Å². The maximum atomic E-state index is 11.4. The number of benzene rings is 2. The fourth-order valence-electron chi connectivity index (χ4n) is 3.16. The summed E-state index contributed by atoms with van der Waals surface area (Å²) in [5.41, 5.74) is 2.98. The molecule has 0 aliphatic heterocycles. The summed E-state index contributed by atoms with van der Waals surface area (Å²) in [6, 6.07) is 25.2. The van der Waals surface area contributed by atoms with Crippen molar-refractivity contribution in [2.24, 2.45) is 0 Å². The molecule has 2 aromatic carbocycles. The van der Waals surface area contributed by atoms with Crippen LogP contribution in [0.25, 0.3) is 16.8 Å². The second kappa shape index (κ2) is 11.4. The zero-order valence-electron chi connectivity index (χ0n) is 17.7. The van der Waals surface area contributed by atoms with Crippen LogP contribution in [0.15, 0.2) is 104 Å². The van der Waals surface area contributed by atoms with Gasteiger partial charge in [-0.05, 0) is 35.4 Å². The summed E-state index contributed by atoms with van der Waals surface area (Å²) in [4.78, 5) is 18.7. The summed E-state index contributed by atoms with van der Waals surface area (Å²) in [6.45, 7) is 1.50. The van der Waals surface area contributed by atoms with Crippen LogP contribution in [0.2, 0.25) is 0 Å². The van der Waals surface area contributed by atoms with Gasteiger partial charge in [-0.2, -0.15) is 9.13 Å². The minimum Gasteiger partial charge on any atom is -1.00 e. The quantitative estimate of drug-likeness (QED) is 0.245. The molecule has 0 bridgehead atoms. The third kappa shape index (κ3) is 6.64. The van der Waals surface area contributed by atoms with E-state index in [2.05, 4.69) is 0 Å². The Morgan fingerprint density at radius 2 is 1.21 bits per heavy atom. The number of hydrogen-bond donors (Lipinski definition) is 2. The predicted molar refractivity (Wildman–Crippen MR) is 117 cm³/mol. The number of ether oxygens (including phenoxy) is 1. The van der Waals surface area contributed by atoms with Crippen molar-refractivity contribution >= 4 is 7.60 Å². The molecule has 0 spiro atoms. The number of para-hydroxylation sites is 1. The first-order valence-electron chi connectivity index (χ1n) is 9.81. The Morgan fingerprint density at radius 1 is 0.727 bits per heavy atom. The Kier molecular flexibility index (Phi) is 9.17. The Labute approximate surface area is 205 Å². The molecule has 1 atom stereocenters. The van der Waals surface area contributed by atoms with Crippen LogP contribution in [0.1, 0.15) is 12.7 Å². The summed E-state index contributed by atoms with van der Waals surface area (Å²) in [5.74, 6) is 0.675. The molecule has 33 heavy (non-hydrogen) atoms. The van der Waals surface area contributed by atoms with E-state index in [0.29, 0.717) is 0 Å². The van der Waals surface area contributed by atoms with Gasteiger partial charge in [0.25, 0.3) is 5.78 Å². The first-order valence-corrected chi connectivity index (χ1v) is 11.5. The van der Waals surface area contributed by atoms with Crippen LogP contribution in [0.5, 0.6) is 11.5 Å². The van der Waals surface area contributed by atoms with Gasteiger partial charge in [0, 0.05) is 43.3 Å². The summed E-state index contributed by atoms with van der Waals surface area (Å²) < 4.78 is 20.8. The Bertz CT molecular complexity index is 1200. The predicted octanol–water partition coefficient (Wildman–Crippen LogP) is -1.59. The van der Waals surface area contributed by atoms with Gasteiger partial charge in [0.15, 0.2) is 24.8 Å². The van der Waals surface area contributed by atoms with E-state index in [-0.39, 0.29) is 24.8 Å².